The van der Waals surface area contributed by atoms with Crippen molar-refractivity contribution in [3.05, 3.63) is 17.1 Å². The zero-order valence-electron chi connectivity index (χ0n) is 15.1. The molecule has 5 heteroatoms. The first-order chi connectivity index (χ1) is 11.1. The van der Waals surface area contributed by atoms with E-state index in [-0.39, 0.29) is 1.43 Å². The van der Waals surface area contributed by atoms with E-state index < -0.39 is 0 Å². The summed E-state index contributed by atoms with van der Waals surface area (Å²) in [5.41, 5.74) is 2.26. The maximum absolute atomic E-state index is 5.96. The first-order valence-electron chi connectivity index (χ1n) is 9.11. The highest BCUT2D eigenvalue weighted by molar-refractivity contribution is 5.52. The van der Waals surface area contributed by atoms with E-state index in [1.165, 1.54) is 18.4 Å². The van der Waals surface area contributed by atoms with Crippen molar-refractivity contribution in [2.24, 2.45) is 0 Å². The average molecular weight is 320 g/mol. The topological polar surface area (TPSA) is 50.3 Å². The van der Waals surface area contributed by atoms with Crippen molar-refractivity contribution in [3.8, 4) is 0 Å². The van der Waals surface area contributed by atoms with Crippen LogP contribution in [0.4, 0.5) is 5.82 Å². The van der Waals surface area contributed by atoms with Crippen LogP contribution in [0.25, 0.3) is 0 Å². The van der Waals surface area contributed by atoms with Gasteiger partial charge in [0.15, 0.2) is 0 Å². The molecular weight excluding hydrogens is 288 g/mol. The Morgan fingerprint density at radius 3 is 2.78 bits per heavy atom. The number of nitrogens with one attached hydrogen (secondary N) is 1. The number of ether oxygens (including phenoxy) is 1. The number of rotatable bonds is 1. The molecule has 0 aromatic carbocycles. The van der Waals surface area contributed by atoms with Gasteiger partial charge in [-0.05, 0) is 19.8 Å². The molecule has 2 saturated heterocycles. The van der Waals surface area contributed by atoms with Gasteiger partial charge >= 0.3 is 0 Å². The van der Waals surface area contributed by atoms with Gasteiger partial charge in [-0.1, -0.05) is 27.7 Å². The maximum Gasteiger partial charge on any atom is 0.138 e. The quantitative estimate of drug-likeness (QED) is 0.862. The summed E-state index contributed by atoms with van der Waals surface area (Å²) >= 11 is 0. The molecule has 3 aliphatic rings. The van der Waals surface area contributed by atoms with Gasteiger partial charge in [0.2, 0.25) is 0 Å². The standard InChI is InChI=1S/C16H24N4O.C2H6.H2/c1-9(2)15-17-10(3)12-7-21-8-14-13-5-4-11(18-13)6-20(14)16(12)19-15;1-2;/h9,11,13-14,18H,4-8H2,1-3H3;1-2H3;1H/t11-,13+,14?;;/m0../s1. The second-order valence-electron chi connectivity index (χ2n) is 6.91. The average Bonchev–Trinajstić information content (AvgIpc) is 2.83. The smallest absolute Gasteiger partial charge is 0.138 e. The van der Waals surface area contributed by atoms with Crippen LogP contribution in [0.2, 0.25) is 0 Å². The van der Waals surface area contributed by atoms with Gasteiger partial charge in [-0.3, -0.25) is 0 Å². The molecule has 1 N–H and O–H groups in total. The van der Waals surface area contributed by atoms with Crippen LogP contribution < -0.4 is 10.2 Å². The number of hydrogen-bond acceptors (Lipinski definition) is 5. The molecule has 4 rings (SSSR count). The van der Waals surface area contributed by atoms with Gasteiger partial charge < -0.3 is 15.0 Å². The largest absolute Gasteiger partial charge is 0.374 e. The minimum Gasteiger partial charge on any atom is -0.374 e. The van der Waals surface area contributed by atoms with Crippen molar-refractivity contribution in [1.29, 1.82) is 0 Å². The first-order valence-corrected chi connectivity index (χ1v) is 9.11. The predicted molar refractivity (Wildman–Crippen MR) is 95.1 cm³/mol. The Bertz CT molecular complexity index is 566. The predicted octanol–water partition coefficient (Wildman–Crippen LogP) is 3.02. The van der Waals surface area contributed by atoms with Crippen LogP contribution in [-0.2, 0) is 11.3 Å². The summed E-state index contributed by atoms with van der Waals surface area (Å²) in [4.78, 5) is 12.1. The van der Waals surface area contributed by atoms with Gasteiger partial charge in [0.05, 0.1) is 19.3 Å². The third-order valence-corrected chi connectivity index (χ3v) is 5.09. The third-order valence-electron chi connectivity index (χ3n) is 5.09. The number of aromatic nitrogens is 2. The normalized spacial score (nSPS) is 28.6. The number of aryl methyl sites for hydroxylation is 1. The Kier molecular flexibility index (Phi) is 4.87. The van der Waals surface area contributed by atoms with Crippen molar-refractivity contribution in [1.82, 2.24) is 15.3 Å². The molecule has 4 heterocycles. The number of anilines is 1. The summed E-state index contributed by atoms with van der Waals surface area (Å²) in [5, 5.41) is 3.74. The Morgan fingerprint density at radius 2 is 2.04 bits per heavy atom. The maximum atomic E-state index is 5.96. The molecule has 2 fully saturated rings. The second-order valence-corrected chi connectivity index (χ2v) is 6.91. The Morgan fingerprint density at radius 1 is 1.26 bits per heavy atom. The van der Waals surface area contributed by atoms with Crippen LogP contribution in [-0.4, -0.2) is 41.2 Å². The molecule has 3 atom stereocenters. The van der Waals surface area contributed by atoms with Crippen molar-refractivity contribution >= 4 is 5.82 Å². The Hall–Kier alpha value is -1.20. The van der Waals surface area contributed by atoms with Crippen LogP contribution in [0.5, 0.6) is 0 Å². The lowest BCUT2D eigenvalue weighted by Gasteiger charge is -2.40. The van der Waals surface area contributed by atoms with E-state index in [1.807, 2.05) is 13.8 Å². The molecule has 23 heavy (non-hydrogen) atoms. The molecule has 1 aromatic heterocycles. The monoisotopic (exact) mass is 320 g/mol. The molecule has 130 valence electrons. The van der Waals surface area contributed by atoms with Crippen molar-refractivity contribution in [2.75, 3.05) is 18.1 Å². The lowest BCUT2D eigenvalue weighted by atomic mass is 10.1. The van der Waals surface area contributed by atoms with Crippen molar-refractivity contribution in [2.45, 2.75) is 78.1 Å². The van der Waals surface area contributed by atoms with Gasteiger partial charge in [0.1, 0.15) is 11.6 Å². The van der Waals surface area contributed by atoms with Gasteiger partial charge in [-0.25, -0.2) is 9.97 Å². The Balaban J connectivity index is 0.000000670. The molecule has 3 aliphatic heterocycles. The van der Waals surface area contributed by atoms with E-state index in [4.69, 9.17) is 9.72 Å². The molecule has 0 radical (unpaired) electrons. The van der Waals surface area contributed by atoms with E-state index in [0.717, 1.165) is 30.5 Å². The number of hydrogen-bond donors (Lipinski definition) is 1. The minimum atomic E-state index is 0. The van der Waals surface area contributed by atoms with Crippen molar-refractivity contribution < 1.29 is 6.16 Å². The van der Waals surface area contributed by atoms with Gasteiger partial charge in [-0.15, -0.1) is 0 Å². The van der Waals surface area contributed by atoms with Gasteiger partial charge in [-0.2, -0.15) is 0 Å². The summed E-state index contributed by atoms with van der Waals surface area (Å²) in [5.74, 6) is 2.45. The highest BCUT2D eigenvalue weighted by Crippen LogP contribution is 2.35. The molecular formula is C18H32N4O. The fraction of sp³-hybridized carbons (Fsp3) is 0.778. The van der Waals surface area contributed by atoms with Crippen LogP contribution >= 0.6 is 0 Å². The van der Waals surface area contributed by atoms with E-state index >= 15 is 0 Å². The van der Waals surface area contributed by atoms with E-state index in [2.05, 4.69) is 36.0 Å². The summed E-state index contributed by atoms with van der Waals surface area (Å²) in [6.07, 6.45) is 2.53. The fourth-order valence-corrected chi connectivity index (χ4v) is 3.89. The lowest BCUT2D eigenvalue weighted by molar-refractivity contribution is 0.100. The summed E-state index contributed by atoms with van der Waals surface area (Å²) in [7, 11) is 0. The van der Waals surface area contributed by atoms with Crippen molar-refractivity contribution in [3.63, 3.8) is 0 Å². The number of fused-ring (bicyclic) bond motifs is 6. The van der Waals surface area contributed by atoms with E-state index in [1.54, 1.807) is 0 Å². The highest BCUT2D eigenvalue weighted by atomic mass is 16.5. The molecule has 0 spiro atoms. The molecule has 5 nitrogen and oxygen atoms in total. The van der Waals surface area contributed by atoms with E-state index in [9.17, 15) is 0 Å². The zero-order chi connectivity index (χ0) is 16.6. The zero-order valence-corrected chi connectivity index (χ0v) is 15.1. The molecule has 0 saturated carbocycles. The molecule has 0 amide bonds. The summed E-state index contributed by atoms with van der Waals surface area (Å²) in [6.45, 7) is 12.9. The Labute approximate surface area is 141 Å². The molecule has 1 aromatic rings. The summed E-state index contributed by atoms with van der Waals surface area (Å²) in [6, 6.07) is 1.57. The fourth-order valence-electron chi connectivity index (χ4n) is 3.89. The van der Waals surface area contributed by atoms with E-state index in [0.29, 0.717) is 30.7 Å². The highest BCUT2D eigenvalue weighted by Gasteiger charge is 2.42. The van der Waals surface area contributed by atoms with Crippen LogP contribution in [0.1, 0.15) is 65.0 Å². The number of piperazine rings is 1. The van der Waals surface area contributed by atoms with Gasteiger partial charge in [0.25, 0.3) is 0 Å². The van der Waals surface area contributed by atoms with Crippen LogP contribution in [0.15, 0.2) is 0 Å². The van der Waals surface area contributed by atoms with Crippen LogP contribution in [0.3, 0.4) is 0 Å². The SMILES string of the molecule is CC.Cc1nc(C(C)C)nc2c1COCC1[C@H]3CC[C@@H](CN21)N3.[HH]. The molecule has 2 bridgehead atoms. The molecule has 0 aliphatic carbocycles. The second kappa shape index (κ2) is 6.73. The number of nitrogens with zero attached hydrogens (tertiary/aromatic N) is 3. The minimum absolute atomic E-state index is 0. The lowest BCUT2D eigenvalue weighted by Crippen LogP contribution is -2.59. The first kappa shape index (κ1) is 16.7. The van der Waals surface area contributed by atoms with Gasteiger partial charge in [0, 0.05) is 37.2 Å². The molecule has 1 unspecified atom stereocenters. The van der Waals surface area contributed by atoms with Crippen LogP contribution in [0, 0.1) is 6.92 Å². The third kappa shape index (κ3) is 2.96. The summed E-state index contributed by atoms with van der Waals surface area (Å²) < 4.78 is 5.96.